The van der Waals surface area contributed by atoms with Crippen LogP contribution in [0, 0.1) is 0 Å². The molecular formula is C25H26N2S. The molecule has 1 fully saturated rings. The lowest BCUT2D eigenvalue weighted by molar-refractivity contribution is 0.313. The minimum atomic E-state index is 0.309. The second-order valence-electron chi connectivity index (χ2n) is 7.84. The molecule has 0 aromatic heterocycles. The number of likely N-dealkylation sites (N-methyl/N-ethyl adjacent to an activating group) is 1. The smallest absolute Gasteiger partial charge is 0.0378 e. The van der Waals surface area contributed by atoms with Gasteiger partial charge in [0.1, 0.15) is 0 Å². The van der Waals surface area contributed by atoms with Crippen molar-refractivity contribution < 1.29 is 0 Å². The normalized spacial score (nSPS) is 19.6. The van der Waals surface area contributed by atoms with Crippen LogP contribution < -0.4 is 4.90 Å². The molecule has 0 radical (unpaired) electrons. The number of rotatable bonds is 2. The Morgan fingerprint density at radius 2 is 1.54 bits per heavy atom. The van der Waals surface area contributed by atoms with Crippen molar-refractivity contribution in [3.63, 3.8) is 0 Å². The van der Waals surface area contributed by atoms with E-state index in [0.29, 0.717) is 5.92 Å². The van der Waals surface area contributed by atoms with Crippen molar-refractivity contribution >= 4 is 17.4 Å². The Morgan fingerprint density at radius 3 is 2.36 bits per heavy atom. The maximum Gasteiger partial charge on any atom is 0.0378 e. The Hall–Kier alpha value is -2.23. The van der Waals surface area contributed by atoms with E-state index >= 15 is 0 Å². The molecule has 2 aliphatic heterocycles. The summed E-state index contributed by atoms with van der Waals surface area (Å²) in [5.74, 6) is 1.35. The molecule has 0 amide bonds. The number of benzene rings is 3. The summed E-state index contributed by atoms with van der Waals surface area (Å²) in [5.41, 5.74) is 7.10. The van der Waals surface area contributed by atoms with E-state index in [1.165, 1.54) is 32.8 Å². The third kappa shape index (κ3) is 3.34. The fourth-order valence-corrected chi connectivity index (χ4v) is 5.55. The molecule has 2 heterocycles. The van der Waals surface area contributed by atoms with Crippen molar-refractivity contribution in [2.45, 2.75) is 16.6 Å². The number of fused-ring (bicyclic) bond motifs is 2. The third-order valence-electron chi connectivity index (χ3n) is 6.06. The molecule has 0 bridgehead atoms. The summed E-state index contributed by atoms with van der Waals surface area (Å²) in [6.45, 7) is 4.51. The van der Waals surface area contributed by atoms with Crippen molar-refractivity contribution in [1.82, 2.24) is 4.90 Å². The maximum absolute atomic E-state index is 2.54. The van der Waals surface area contributed by atoms with E-state index in [9.17, 15) is 0 Å². The monoisotopic (exact) mass is 386 g/mol. The van der Waals surface area contributed by atoms with E-state index in [2.05, 4.69) is 89.6 Å². The van der Waals surface area contributed by atoms with Crippen LogP contribution in [0.15, 0.2) is 77.7 Å². The van der Waals surface area contributed by atoms with Gasteiger partial charge in [-0.3, -0.25) is 0 Å². The van der Waals surface area contributed by atoms with Gasteiger partial charge in [0, 0.05) is 48.4 Å². The van der Waals surface area contributed by atoms with Crippen LogP contribution in [0.1, 0.15) is 28.2 Å². The molecule has 0 aliphatic carbocycles. The number of hydrogen-bond donors (Lipinski definition) is 0. The Kier molecular flexibility index (Phi) is 4.87. The van der Waals surface area contributed by atoms with E-state index < -0.39 is 0 Å². The molecule has 1 atom stereocenters. The Labute approximate surface area is 172 Å². The van der Waals surface area contributed by atoms with Crippen molar-refractivity contribution in [2.24, 2.45) is 0 Å². The fraction of sp³-hybridized carbons (Fsp3) is 0.280. The largest absolute Gasteiger partial charge is 0.369 e. The van der Waals surface area contributed by atoms with E-state index in [4.69, 9.17) is 0 Å². The summed E-state index contributed by atoms with van der Waals surface area (Å²) in [6, 6.07) is 27.1. The standard InChI is InChI=1S/C25H26N2S/c1-26-13-15-27(16-14-26)21-11-12-23-24(17-21)28-18-20-9-5-6-10-22(20)25(23)19-7-3-2-4-8-19/h2-12,17,25H,13-16,18H2,1H3. The zero-order valence-corrected chi connectivity index (χ0v) is 17.2. The first kappa shape index (κ1) is 17.8. The van der Waals surface area contributed by atoms with Gasteiger partial charge < -0.3 is 9.80 Å². The van der Waals surface area contributed by atoms with Gasteiger partial charge in [0.15, 0.2) is 0 Å². The third-order valence-corrected chi connectivity index (χ3v) is 7.18. The van der Waals surface area contributed by atoms with Crippen molar-refractivity contribution in [3.05, 3.63) is 95.1 Å². The van der Waals surface area contributed by atoms with Crippen LogP contribution in [0.5, 0.6) is 0 Å². The van der Waals surface area contributed by atoms with Crippen LogP contribution in [-0.4, -0.2) is 38.1 Å². The average Bonchev–Trinajstić information content (AvgIpc) is 2.91. The Bertz CT molecular complexity index is 961. The van der Waals surface area contributed by atoms with Crippen LogP contribution in [-0.2, 0) is 5.75 Å². The van der Waals surface area contributed by atoms with Crippen molar-refractivity contribution in [1.29, 1.82) is 0 Å². The first-order chi connectivity index (χ1) is 13.8. The molecule has 3 heteroatoms. The van der Waals surface area contributed by atoms with Gasteiger partial charge in [-0.05, 0) is 41.4 Å². The lowest BCUT2D eigenvalue weighted by Crippen LogP contribution is -2.44. The van der Waals surface area contributed by atoms with Crippen LogP contribution in [0.4, 0.5) is 5.69 Å². The molecule has 0 spiro atoms. The van der Waals surface area contributed by atoms with E-state index in [-0.39, 0.29) is 0 Å². The van der Waals surface area contributed by atoms with Crippen LogP contribution >= 0.6 is 11.8 Å². The van der Waals surface area contributed by atoms with Gasteiger partial charge in [-0.2, -0.15) is 0 Å². The highest BCUT2D eigenvalue weighted by Gasteiger charge is 2.26. The molecule has 0 saturated carbocycles. The summed E-state index contributed by atoms with van der Waals surface area (Å²) in [4.78, 5) is 6.38. The number of hydrogen-bond acceptors (Lipinski definition) is 3. The average molecular weight is 387 g/mol. The zero-order valence-electron chi connectivity index (χ0n) is 16.3. The summed E-state index contributed by atoms with van der Waals surface area (Å²) in [7, 11) is 2.21. The molecule has 3 aromatic rings. The van der Waals surface area contributed by atoms with Gasteiger partial charge in [-0.15, -0.1) is 11.8 Å². The van der Waals surface area contributed by atoms with Crippen LogP contribution in [0.2, 0.25) is 0 Å². The number of anilines is 1. The van der Waals surface area contributed by atoms with Gasteiger partial charge in [-0.1, -0.05) is 60.7 Å². The molecule has 28 heavy (non-hydrogen) atoms. The highest BCUT2D eigenvalue weighted by Crippen LogP contribution is 2.45. The molecule has 1 saturated heterocycles. The second kappa shape index (κ2) is 7.65. The minimum Gasteiger partial charge on any atom is -0.369 e. The Balaban J connectivity index is 1.59. The molecule has 5 rings (SSSR count). The van der Waals surface area contributed by atoms with Crippen LogP contribution in [0.3, 0.4) is 0 Å². The summed E-state index contributed by atoms with van der Waals surface area (Å²) < 4.78 is 0. The van der Waals surface area contributed by atoms with Gasteiger partial charge >= 0.3 is 0 Å². The van der Waals surface area contributed by atoms with Crippen molar-refractivity contribution in [3.8, 4) is 0 Å². The van der Waals surface area contributed by atoms with Crippen LogP contribution in [0.25, 0.3) is 0 Å². The predicted molar refractivity (Wildman–Crippen MR) is 120 cm³/mol. The van der Waals surface area contributed by atoms with E-state index in [1.54, 1.807) is 0 Å². The lowest BCUT2D eigenvalue weighted by Gasteiger charge is -2.34. The lowest BCUT2D eigenvalue weighted by atomic mass is 9.83. The fourth-order valence-electron chi connectivity index (χ4n) is 4.42. The molecule has 1 unspecified atom stereocenters. The molecule has 3 aromatic carbocycles. The first-order valence-electron chi connectivity index (χ1n) is 10.1. The van der Waals surface area contributed by atoms with Gasteiger partial charge in [-0.25, -0.2) is 0 Å². The second-order valence-corrected chi connectivity index (χ2v) is 8.86. The number of nitrogens with zero attached hydrogens (tertiary/aromatic N) is 2. The summed E-state index contributed by atoms with van der Waals surface area (Å²) in [5, 5.41) is 0. The molecular weight excluding hydrogens is 360 g/mol. The van der Waals surface area contributed by atoms with E-state index in [0.717, 1.165) is 31.9 Å². The molecule has 0 N–H and O–H groups in total. The van der Waals surface area contributed by atoms with Gasteiger partial charge in [0.2, 0.25) is 0 Å². The summed E-state index contributed by atoms with van der Waals surface area (Å²) >= 11 is 1.99. The zero-order chi connectivity index (χ0) is 18.9. The number of piperazine rings is 1. The molecule has 2 aliphatic rings. The minimum absolute atomic E-state index is 0.309. The van der Waals surface area contributed by atoms with E-state index in [1.807, 2.05) is 11.8 Å². The SMILES string of the molecule is CN1CCN(c2ccc3c(c2)SCc2ccccc2C3c2ccccc2)CC1. The predicted octanol–water partition coefficient (Wildman–Crippen LogP) is 5.22. The van der Waals surface area contributed by atoms with Crippen molar-refractivity contribution in [2.75, 3.05) is 38.1 Å². The Morgan fingerprint density at radius 1 is 0.786 bits per heavy atom. The highest BCUT2D eigenvalue weighted by molar-refractivity contribution is 7.98. The topological polar surface area (TPSA) is 6.48 Å². The molecule has 2 nitrogen and oxygen atoms in total. The summed E-state index contributed by atoms with van der Waals surface area (Å²) in [6.07, 6.45) is 0. The van der Waals surface area contributed by atoms with Gasteiger partial charge in [0.25, 0.3) is 0 Å². The highest BCUT2D eigenvalue weighted by atomic mass is 32.2. The van der Waals surface area contributed by atoms with Gasteiger partial charge in [0.05, 0.1) is 0 Å². The quantitative estimate of drug-likeness (QED) is 0.596. The first-order valence-corrected chi connectivity index (χ1v) is 11.1. The number of thioether (sulfide) groups is 1. The molecule has 142 valence electrons. The maximum atomic E-state index is 2.54.